The van der Waals surface area contributed by atoms with Crippen LogP contribution in [-0.2, 0) is 0 Å². The van der Waals surface area contributed by atoms with Gasteiger partial charge in [-0.1, -0.05) is 6.58 Å². The van der Waals surface area contributed by atoms with Crippen molar-refractivity contribution in [1.82, 2.24) is 15.2 Å². The Hall–Kier alpha value is -3.02. The summed E-state index contributed by atoms with van der Waals surface area (Å²) in [6.45, 7) is 3.67. The zero-order chi connectivity index (χ0) is 14.1. The second-order valence-electron chi connectivity index (χ2n) is 4.23. The molecule has 0 amide bonds. The summed E-state index contributed by atoms with van der Waals surface area (Å²) in [5.41, 5.74) is 3.01. The lowest BCUT2D eigenvalue weighted by atomic mass is 10.1. The fraction of sp³-hybridized carbons (Fsp3) is 0. The first kappa shape index (κ1) is 12.0. The van der Waals surface area contributed by atoms with E-state index in [2.05, 4.69) is 21.8 Å². The van der Waals surface area contributed by atoms with E-state index in [-0.39, 0.29) is 5.69 Å². The number of nitro benzene ring substituents is 1. The van der Waals surface area contributed by atoms with Crippen LogP contribution in [0.1, 0.15) is 5.69 Å². The number of nitro groups is 1. The van der Waals surface area contributed by atoms with Crippen LogP contribution in [0.25, 0.3) is 28.2 Å². The average molecular weight is 266 g/mol. The fourth-order valence-corrected chi connectivity index (χ4v) is 2.04. The molecule has 2 aromatic heterocycles. The molecule has 0 bridgehead atoms. The Morgan fingerprint density at radius 2 is 2.15 bits per heavy atom. The molecular weight excluding hydrogens is 256 g/mol. The number of non-ortho nitro benzene ring substituents is 1. The van der Waals surface area contributed by atoms with Crippen LogP contribution in [0.3, 0.4) is 0 Å². The monoisotopic (exact) mass is 266 g/mol. The van der Waals surface area contributed by atoms with Crippen LogP contribution in [-0.4, -0.2) is 20.1 Å². The molecule has 0 unspecified atom stereocenters. The molecule has 0 saturated heterocycles. The first-order valence-corrected chi connectivity index (χ1v) is 5.90. The van der Waals surface area contributed by atoms with E-state index in [0.29, 0.717) is 11.1 Å². The van der Waals surface area contributed by atoms with E-state index < -0.39 is 4.92 Å². The molecule has 20 heavy (non-hydrogen) atoms. The Bertz CT molecular complexity index is 823. The Morgan fingerprint density at radius 3 is 2.90 bits per heavy atom. The Labute approximate surface area is 113 Å². The molecule has 0 radical (unpaired) electrons. The maximum atomic E-state index is 10.9. The third-order valence-electron chi connectivity index (χ3n) is 3.02. The van der Waals surface area contributed by atoms with Crippen molar-refractivity contribution in [2.24, 2.45) is 0 Å². The largest absolute Gasteiger partial charge is 0.277 e. The third kappa shape index (κ3) is 1.93. The Morgan fingerprint density at radius 1 is 1.30 bits per heavy atom. The minimum absolute atomic E-state index is 0.0400. The van der Waals surface area contributed by atoms with Crippen molar-refractivity contribution in [1.29, 1.82) is 0 Å². The van der Waals surface area contributed by atoms with Gasteiger partial charge in [-0.05, 0) is 24.3 Å². The smallest absolute Gasteiger partial charge is 0.270 e. The summed E-state index contributed by atoms with van der Waals surface area (Å²) < 4.78 is 0. The van der Waals surface area contributed by atoms with Crippen molar-refractivity contribution in [3.8, 4) is 11.3 Å². The second kappa shape index (κ2) is 4.58. The van der Waals surface area contributed by atoms with Gasteiger partial charge in [0.2, 0.25) is 0 Å². The summed E-state index contributed by atoms with van der Waals surface area (Å²) in [6.07, 6.45) is 3.30. The zero-order valence-corrected chi connectivity index (χ0v) is 10.4. The van der Waals surface area contributed by atoms with E-state index in [9.17, 15) is 10.1 Å². The number of hydrogen-bond donors (Lipinski definition) is 1. The predicted octanol–water partition coefficient (Wildman–Crippen LogP) is 3.18. The van der Waals surface area contributed by atoms with E-state index in [0.717, 1.165) is 16.8 Å². The standard InChI is InChI=1S/C14H10N4O2/c1-2-10-7-9(5-6-15-10)14-12-8-11(18(19)20)3-4-13(12)16-17-14/h2-8H,1H2,(H,16,17). The topological polar surface area (TPSA) is 84.7 Å². The summed E-state index contributed by atoms with van der Waals surface area (Å²) in [7, 11) is 0. The molecule has 98 valence electrons. The lowest BCUT2D eigenvalue weighted by Gasteiger charge is -1.99. The number of rotatable bonds is 3. The number of nitrogens with zero attached hydrogens (tertiary/aromatic N) is 3. The molecule has 0 spiro atoms. The van der Waals surface area contributed by atoms with Crippen LogP contribution in [0, 0.1) is 10.1 Å². The molecule has 0 aliphatic rings. The van der Waals surface area contributed by atoms with Gasteiger partial charge in [0.1, 0.15) is 5.69 Å². The quantitative estimate of drug-likeness (QED) is 0.582. The van der Waals surface area contributed by atoms with Gasteiger partial charge in [0.05, 0.1) is 16.1 Å². The van der Waals surface area contributed by atoms with Crippen molar-refractivity contribution in [2.75, 3.05) is 0 Å². The first-order chi connectivity index (χ1) is 9.69. The van der Waals surface area contributed by atoms with Gasteiger partial charge in [0.15, 0.2) is 0 Å². The van der Waals surface area contributed by atoms with Gasteiger partial charge in [-0.25, -0.2) is 0 Å². The molecule has 6 nitrogen and oxygen atoms in total. The van der Waals surface area contributed by atoms with Gasteiger partial charge in [-0.15, -0.1) is 0 Å². The van der Waals surface area contributed by atoms with E-state index in [1.165, 1.54) is 12.1 Å². The van der Waals surface area contributed by atoms with E-state index in [4.69, 9.17) is 0 Å². The molecule has 3 aromatic rings. The number of aromatic amines is 1. The minimum Gasteiger partial charge on any atom is -0.277 e. The number of fused-ring (bicyclic) bond motifs is 1. The fourth-order valence-electron chi connectivity index (χ4n) is 2.04. The summed E-state index contributed by atoms with van der Waals surface area (Å²) in [5.74, 6) is 0. The van der Waals surface area contributed by atoms with Crippen molar-refractivity contribution >= 4 is 22.7 Å². The molecule has 0 aliphatic heterocycles. The van der Waals surface area contributed by atoms with Crippen LogP contribution in [0.5, 0.6) is 0 Å². The van der Waals surface area contributed by atoms with Crippen molar-refractivity contribution < 1.29 is 4.92 Å². The zero-order valence-electron chi connectivity index (χ0n) is 10.4. The second-order valence-corrected chi connectivity index (χ2v) is 4.23. The molecule has 3 rings (SSSR count). The lowest BCUT2D eigenvalue weighted by molar-refractivity contribution is -0.384. The molecule has 0 aliphatic carbocycles. The molecule has 1 aromatic carbocycles. The van der Waals surface area contributed by atoms with E-state index in [1.807, 2.05) is 6.07 Å². The molecule has 2 heterocycles. The highest BCUT2D eigenvalue weighted by Crippen LogP contribution is 2.29. The highest BCUT2D eigenvalue weighted by molar-refractivity contribution is 5.94. The maximum absolute atomic E-state index is 10.9. The van der Waals surface area contributed by atoms with Crippen molar-refractivity contribution in [3.05, 3.63) is 58.9 Å². The number of nitrogens with one attached hydrogen (secondary N) is 1. The van der Waals surface area contributed by atoms with E-state index >= 15 is 0 Å². The average Bonchev–Trinajstić information content (AvgIpc) is 2.90. The van der Waals surface area contributed by atoms with Gasteiger partial charge in [-0.3, -0.25) is 20.2 Å². The van der Waals surface area contributed by atoms with Gasteiger partial charge in [0.25, 0.3) is 5.69 Å². The maximum Gasteiger partial charge on any atom is 0.270 e. The lowest BCUT2D eigenvalue weighted by Crippen LogP contribution is -1.87. The Balaban J connectivity index is 2.22. The normalized spacial score (nSPS) is 10.6. The van der Waals surface area contributed by atoms with Crippen molar-refractivity contribution in [2.45, 2.75) is 0 Å². The van der Waals surface area contributed by atoms with Crippen LogP contribution in [0.2, 0.25) is 0 Å². The van der Waals surface area contributed by atoms with Gasteiger partial charge >= 0.3 is 0 Å². The van der Waals surface area contributed by atoms with Crippen LogP contribution >= 0.6 is 0 Å². The minimum atomic E-state index is -0.419. The summed E-state index contributed by atoms with van der Waals surface area (Å²) in [6, 6.07) is 8.26. The van der Waals surface area contributed by atoms with Crippen LogP contribution < -0.4 is 0 Å². The summed E-state index contributed by atoms with van der Waals surface area (Å²) in [4.78, 5) is 14.6. The molecular formula is C14H10N4O2. The molecule has 0 fully saturated rings. The van der Waals surface area contributed by atoms with Gasteiger partial charge in [-0.2, -0.15) is 5.10 Å². The highest BCUT2D eigenvalue weighted by atomic mass is 16.6. The first-order valence-electron chi connectivity index (χ1n) is 5.90. The summed E-state index contributed by atoms with van der Waals surface area (Å²) >= 11 is 0. The van der Waals surface area contributed by atoms with Gasteiger partial charge in [0, 0.05) is 29.3 Å². The number of aromatic nitrogens is 3. The molecule has 0 atom stereocenters. The van der Waals surface area contributed by atoms with Crippen molar-refractivity contribution in [3.63, 3.8) is 0 Å². The number of pyridine rings is 1. The predicted molar refractivity (Wildman–Crippen MR) is 76.1 cm³/mol. The third-order valence-corrected chi connectivity index (χ3v) is 3.02. The van der Waals surface area contributed by atoms with Gasteiger partial charge < -0.3 is 0 Å². The number of hydrogen-bond acceptors (Lipinski definition) is 4. The highest BCUT2D eigenvalue weighted by Gasteiger charge is 2.13. The van der Waals surface area contributed by atoms with E-state index in [1.54, 1.807) is 24.4 Å². The Kier molecular flexibility index (Phi) is 2.76. The SMILES string of the molecule is C=Cc1cc(-c2n[nH]c3ccc([N+](=O)[O-])cc23)ccn1. The molecule has 1 N–H and O–H groups in total. The van der Waals surface area contributed by atoms with Crippen LogP contribution in [0.4, 0.5) is 5.69 Å². The molecule has 6 heteroatoms. The summed E-state index contributed by atoms with van der Waals surface area (Å²) in [5, 5.41) is 18.7. The number of H-pyrrole nitrogens is 1. The van der Waals surface area contributed by atoms with Crippen LogP contribution in [0.15, 0.2) is 43.1 Å². The molecule has 0 saturated carbocycles. The number of benzene rings is 1.